The van der Waals surface area contributed by atoms with Gasteiger partial charge < -0.3 is 10.5 Å². The molecule has 0 amide bonds. The van der Waals surface area contributed by atoms with E-state index in [-0.39, 0.29) is 0 Å². The minimum absolute atomic E-state index is 0.385. The van der Waals surface area contributed by atoms with Crippen LogP contribution in [0.2, 0.25) is 0 Å². The number of hydrogen-bond acceptors (Lipinski definition) is 3. The molecule has 0 bridgehead atoms. The van der Waals surface area contributed by atoms with Crippen LogP contribution in [0.4, 0.5) is 0 Å². The van der Waals surface area contributed by atoms with E-state index in [1.807, 2.05) is 24.3 Å². The van der Waals surface area contributed by atoms with Crippen LogP contribution < -0.4 is 10.5 Å². The summed E-state index contributed by atoms with van der Waals surface area (Å²) in [5.41, 5.74) is 7.69. The first kappa shape index (κ1) is 14.0. The van der Waals surface area contributed by atoms with Crippen molar-refractivity contribution in [3.05, 3.63) is 52.1 Å². The fourth-order valence-electron chi connectivity index (χ4n) is 1.77. The van der Waals surface area contributed by atoms with Crippen molar-refractivity contribution in [3.63, 3.8) is 0 Å². The van der Waals surface area contributed by atoms with Crippen molar-refractivity contribution in [2.24, 2.45) is 5.73 Å². The third-order valence-corrected chi connectivity index (χ3v) is 3.33. The van der Waals surface area contributed by atoms with Gasteiger partial charge in [-0.15, -0.1) is 0 Å². The van der Waals surface area contributed by atoms with E-state index in [9.17, 15) is 0 Å². The van der Waals surface area contributed by atoms with E-state index in [4.69, 9.17) is 10.5 Å². The van der Waals surface area contributed by atoms with Gasteiger partial charge in [0.15, 0.2) is 0 Å². The summed E-state index contributed by atoms with van der Waals surface area (Å²) in [5, 5.41) is 0. The van der Waals surface area contributed by atoms with E-state index in [0.717, 1.165) is 21.3 Å². The average Bonchev–Trinajstić information content (AvgIpc) is 2.41. The first-order chi connectivity index (χ1) is 9.10. The minimum Gasteiger partial charge on any atom is -0.439 e. The number of benzene rings is 1. The summed E-state index contributed by atoms with van der Waals surface area (Å²) in [6.45, 7) is 4.77. The van der Waals surface area contributed by atoms with Crippen molar-refractivity contribution in [2.75, 3.05) is 0 Å². The van der Waals surface area contributed by atoms with Crippen LogP contribution in [0.3, 0.4) is 0 Å². The highest BCUT2D eigenvalue weighted by molar-refractivity contribution is 9.10. The van der Waals surface area contributed by atoms with Gasteiger partial charge in [-0.1, -0.05) is 35.8 Å². The van der Waals surface area contributed by atoms with E-state index in [2.05, 4.69) is 40.8 Å². The van der Waals surface area contributed by atoms with E-state index in [0.29, 0.717) is 18.3 Å². The van der Waals surface area contributed by atoms with Crippen LogP contribution in [-0.4, -0.2) is 4.98 Å². The van der Waals surface area contributed by atoms with Gasteiger partial charge in [-0.3, -0.25) is 0 Å². The summed E-state index contributed by atoms with van der Waals surface area (Å²) in [6, 6.07) is 9.77. The molecule has 1 aromatic heterocycles. The highest BCUT2D eigenvalue weighted by Crippen LogP contribution is 2.32. The fraction of sp³-hybridized carbons (Fsp3) is 0.267. The average molecular weight is 321 g/mol. The number of nitrogens with zero attached hydrogens (tertiary/aromatic N) is 1. The molecule has 4 heteroatoms. The monoisotopic (exact) mass is 320 g/mol. The standard InChI is InChI=1S/C15H17BrN2O/c1-10(2)13-7-12(16)4-5-14(13)19-15-6-3-11(8-17)9-18-15/h3-7,9-10H,8,17H2,1-2H3. The molecule has 0 aliphatic carbocycles. The topological polar surface area (TPSA) is 48.1 Å². The number of ether oxygens (including phenoxy) is 1. The van der Waals surface area contributed by atoms with E-state index >= 15 is 0 Å². The Morgan fingerprint density at radius 3 is 2.63 bits per heavy atom. The summed E-state index contributed by atoms with van der Waals surface area (Å²) in [6.07, 6.45) is 1.74. The van der Waals surface area contributed by atoms with Gasteiger partial charge in [0, 0.05) is 23.3 Å². The Kier molecular flexibility index (Phi) is 4.56. The lowest BCUT2D eigenvalue weighted by Crippen LogP contribution is -1.98. The van der Waals surface area contributed by atoms with Crippen molar-refractivity contribution >= 4 is 15.9 Å². The molecule has 3 nitrogen and oxygen atoms in total. The molecule has 0 saturated heterocycles. The predicted molar refractivity (Wildman–Crippen MR) is 80.4 cm³/mol. The highest BCUT2D eigenvalue weighted by atomic mass is 79.9. The molecule has 0 radical (unpaired) electrons. The molecule has 0 fully saturated rings. The van der Waals surface area contributed by atoms with E-state index in [1.165, 1.54) is 0 Å². The van der Waals surface area contributed by atoms with E-state index < -0.39 is 0 Å². The normalized spacial score (nSPS) is 10.8. The predicted octanol–water partition coefficient (Wildman–Crippen LogP) is 4.22. The number of nitrogens with two attached hydrogens (primary N) is 1. The highest BCUT2D eigenvalue weighted by Gasteiger charge is 2.10. The van der Waals surface area contributed by atoms with Crippen molar-refractivity contribution in [1.82, 2.24) is 4.98 Å². The summed E-state index contributed by atoms with van der Waals surface area (Å²) in [5.74, 6) is 1.81. The quantitative estimate of drug-likeness (QED) is 0.917. The third kappa shape index (κ3) is 3.55. The van der Waals surface area contributed by atoms with Gasteiger partial charge in [0.05, 0.1) is 0 Å². The van der Waals surface area contributed by atoms with Gasteiger partial charge in [-0.25, -0.2) is 4.98 Å². The number of halogens is 1. The molecule has 0 unspecified atom stereocenters. The van der Waals surface area contributed by atoms with Gasteiger partial charge >= 0.3 is 0 Å². The SMILES string of the molecule is CC(C)c1cc(Br)ccc1Oc1ccc(CN)cn1. The van der Waals surface area contributed by atoms with Gasteiger partial charge in [0.25, 0.3) is 0 Å². The van der Waals surface area contributed by atoms with Crippen molar-refractivity contribution in [2.45, 2.75) is 26.3 Å². The summed E-state index contributed by atoms with van der Waals surface area (Å²) >= 11 is 3.48. The second kappa shape index (κ2) is 6.17. The van der Waals surface area contributed by atoms with Crippen LogP contribution in [0, 0.1) is 0 Å². The van der Waals surface area contributed by atoms with Gasteiger partial charge in [0.2, 0.25) is 5.88 Å². The maximum Gasteiger partial charge on any atom is 0.219 e. The molecule has 0 aliphatic heterocycles. The van der Waals surface area contributed by atoms with Crippen LogP contribution in [0.15, 0.2) is 41.0 Å². The molecule has 1 heterocycles. The second-order valence-corrected chi connectivity index (χ2v) is 5.56. The van der Waals surface area contributed by atoms with Crippen LogP contribution in [0.25, 0.3) is 0 Å². The molecule has 0 saturated carbocycles. The smallest absolute Gasteiger partial charge is 0.219 e. The molecule has 0 spiro atoms. The lowest BCUT2D eigenvalue weighted by molar-refractivity contribution is 0.454. The largest absolute Gasteiger partial charge is 0.439 e. The Hall–Kier alpha value is -1.39. The Balaban J connectivity index is 2.26. The molecule has 19 heavy (non-hydrogen) atoms. The Labute approximate surface area is 121 Å². The van der Waals surface area contributed by atoms with Crippen molar-refractivity contribution < 1.29 is 4.74 Å². The zero-order valence-electron chi connectivity index (χ0n) is 11.1. The first-order valence-corrected chi connectivity index (χ1v) is 7.01. The van der Waals surface area contributed by atoms with Crippen LogP contribution >= 0.6 is 15.9 Å². The number of hydrogen-bond donors (Lipinski definition) is 1. The lowest BCUT2D eigenvalue weighted by Gasteiger charge is -2.13. The zero-order chi connectivity index (χ0) is 13.8. The lowest BCUT2D eigenvalue weighted by atomic mass is 10.0. The van der Waals surface area contributed by atoms with Gasteiger partial charge in [-0.2, -0.15) is 0 Å². The Bertz CT molecular complexity index is 553. The van der Waals surface area contributed by atoms with Crippen molar-refractivity contribution in [3.8, 4) is 11.6 Å². The third-order valence-electron chi connectivity index (χ3n) is 2.84. The number of pyridine rings is 1. The first-order valence-electron chi connectivity index (χ1n) is 6.22. The van der Waals surface area contributed by atoms with Crippen LogP contribution in [-0.2, 0) is 6.54 Å². The molecule has 0 aliphatic rings. The second-order valence-electron chi connectivity index (χ2n) is 4.65. The molecule has 0 atom stereocenters. The Morgan fingerprint density at radius 1 is 1.26 bits per heavy atom. The molecule has 2 aromatic rings. The van der Waals surface area contributed by atoms with Gasteiger partial charge in [-0.05, 0) is 35.2 Å². The van der Waals surface area contributed by atoms with E-state index in [1.54, 1.807) is 6.20 Å². The maximum absolute atomic E-state index is 5.85. The minimum atomic E-state index is 0.385. The molecule has 2 N–H and O–H groups in total. The summed E-state index contributed by atoms with van der Waals surface area (Å²) in [4.78, 5) is 4.25. The molecular weight excluding hydrogens is 304 g/mol. The summed E-state index contributed by atoms with van der Waals surface area (Å²) in [7, 11) is 0. The fourth-order valence-corrected chi connectivity index (χ4v) is 2.15. The molecule has 100 valence electrons. The maximum atomic E-state index is 5.85. The molecular formula is C15H17BrN2O. The Morgan fingerprint density at radius 2 is 2.05 bits per heavy atom. The van der Waals surface area contributed by atoms with Crippen LogP contribution in [0.5, 0.6) is 11.6 Å². The number of rotatable bonds is 4. The molecule has 1 aromatic carbocycles. The van der Waals surface area contributed by atoms with Crippen molar-refractivity contribution in [1.29, 1.82) is 0 Å². The molecule has 2 rings (SSSR count). The summed E-state index contributed by atoms with van der Waals surface area (Å²) < 4.78 is 6.90. The van der Waals surface area contributed by atoms with Gasteiger partial charge in [0.1, 0.15) is 5.75 Å². The van der Waals surface area contributed by atoms with Crippen LogP contribution in [0.1, 0.15) is 30.9 Å². The number of aromatic nitrogens is 1. The zero-order valence-corrected chi connectivity index (χ0v) is 12.6.